The van der Waals surface area contributed by atoms with Gasteiger partial charge in [0.25, 0.3) is 0 Å². The summed E-state index contributed by atoms with van der Waals surface area (Å²) in [5.41, 5.74) is 0. The SMILES string of the molecule is COC(=O)CCCCC(=O)O.O=C(O)CCCCCCCC(=O)O. The molecule has 0 aliphatic rings. The zero-order valence-electron chi connectivity index (χ0n) is 14.2. The number of unbranched alkanes of at least 4 members (excludes halogenated alkanes) is 5. The summed E-state index contributed by atoms with van der Waals surface area (Å²) in [5.74, 6) is -2.62. The second kappa shape index (κ2) is 17.2. The van der Waals surface area contributed by atoms with E-state index in [1.807, 2.05) is 0 Å². The molecule has 8 nitrogen and oxygen atoms in total. The summed E-state index contributed by atoms with van der Waals surface area (Å²) in [4.78, 5) is 40.7. The first-order valence-electron chi connectivity index (χ1n) is 8.01. The van der Waals surface area contributed by atoms with Crippen molar-refractivity contribution in [2.45, 2.75) is 70.6 Å². The third-order valence-corrected chi connectivity index (χ3v) is 3.03. The number of ether oxygens (including phenoxy) is 1. The summed E-state index contributed by atoms with van der Waals surface area (Å²) < 4.78 is 4.37. The smallest absolute Gasteiger partial charge is 0.305 e. The highest BCUT2D eigenvalue weighted by Crippen LogP contribution is 2.06. The highest BCUT2D eigenvalue weighted by Gasteiger charge is 2.01. The number of hydrogen-bond acceptors (Lipinski definition) is 5. The number of carbonyl (C=O) groups is 4. The molecule has 0 saturated carbocycles. The van der Waals surface area contributed by atoms with Crippen LogP contribution in [0.4, 0.5) is 0 Å². The Kier molecular flexibility index (Phi) is 17.3. The van der Waals surface area contributed by atoms with Crippen LogP contribution in [0.2, 0.25) is 0 Å². The molecule has 0 aromatic rings. The van der Waals surface area contributed by atoms with Gasteiger partial charge in [-0.1, -0.05) is 19.3 Å². The molecule has 0 heterocycles. The molecule has 0 aromatic heterocycles. The predicted molar refractivity (Wildman–Crippen MR) is 85.7 cm³/mol. The van der Waals surface area contributed by atoms with Crippen LogP contribution in [-0.2, 0) is 23.9 Å². The Bertz CT molecular complexity index is 360. The lowest BCUT2D eigenvalue weighted by atomic mass is 10.1. The fourth-order valence-corrected chi connectivity index (χ4v) is 1.73. The molecule has 0 amide bonds. The van der Waals surface area contributed by atoms with Crippen LogP contribution >= 0.6 is 0 Å². The zero-order valence-corrected chi connectivity index (χ0v) is 14.2. The van der Waals surface area contributed by atoms with Crippen molar-refractivity contribution >= 4 is 23.9 Å². The molecule has 0 saturated heterocycles. The topological polar surface area (TPSA) is 138 Å². The van der Waals surface area contributed by atoms with Crippen LogP contribution in [-0.4, -0.2) is 46.3 Å². The quantitative estimate of drug-likeness (QED) is 0.341. The Balaban J connectivity index is 0. The Hall–Kier alpha value is -2.12. The van der Waals surface area contributed by atoms with Crippen molar-refractivity contribution in [2.75, 3.05) is 7.11 Å². The van der Waals surface area contributed by atoms with Crippen molar-refractivity contribution in [1.82, 2.24) is 0 Å². The molecular weight excluding hydrogens is 320 g/mol. The van der Waals surface area contributed by atoms with Crippen LogP contribution in [0.25, 0.3) is 0 Å². The van der Waals surface area contributed by atoms with E-state index in [4.69, 9.17) is 15.3 Å². The van der Waals surface area contributed by atoms with E-state index >= 15 is 0 Å². The fourth-order valence-electron chi connectivity index (χ4n) is 1.73. The first kappa shape index (κ1) is 24.1. The van der Waals surface area contributed by atoms with E-state index in [-0.39, 0.29) is 25.2 Å². The maximum absolute atomic E-state index is 10.5. The van der Waals surface area contributed by atoms with Crippen LogP contribution in [0, 0.1) is 0 Å². The van der Waals surface area contributed by atoms with Crippen LogP contribution in [0.1, 0.15) is 70.6 Å². The number of hydrogen-bond donors (Lipinski definition) is 3. The lowest BCUT2D eigenvalue weighted by Gasteiger charge is -1.97. The van der Waals surface area contributed by atoms with Gasteiger partial charge in [-0.3, -0.25) is 19.2 Å². The number of carbonyl (C=O) groups excluding carboxylic acids is 1. The lowest BCUT2D eigenvalue weighted by molar-refractivity contribution is -0.141. The van der Waals surface area contributed by atoms with E-state index in [9.17, 15) is 19.2 Å². The molecule has 8 heteroatoms. The maximum Gasteiger partial charge on any atom is 0.305 e. The number of esters is 1. The Labute approximate surface area is 141 Å². The average Bonchev–Trinajstić information content (AvgIpc) is 2.50. The molecule has 0 aromatic carbocycles. The first-order valence-corrected chi connectivity index (χ1v) is 8.01. The van der Waals surface area contributed by atoms with Gasteiger partial charge < -0.3 is 20.1 Å². The van der Waals surface area contributed by atoms with Crippen LogP contribution in [0.3, 0.4) is 0 Å². The molecule has 0 aliphatic heterocycles. The third-order valence-electron chi connectivity index (χ3n) is 3.03. The van der Waals surface area contributed by atoms with Gasteiger partial charge in [0, 0.05) is 25.7 Å². The second-order valence-electron chi connectivity index (χ2n) is 5.23. The first-order chi connectivity index (χ1) is 11.3. The average molecular weight is 348 g/mol. The van der Waals surface area contributed by atoms with Crippen molar-refractivity contribution in [3.05, 3.63) is 0 Å². The van der Waals surface area contributed by atoms with E-state index in [2.05, 4.69) is 4.74 Å². The fraction of sp³-hybridized carbons (Fsp3) is 0.750. The van der Waals surface area contributed by atoms with E-state index in [1.165, 1.54) is 7.11 Å². The lowest BCUT2D eigenvalue weighted by Crippen LogP contribution is -2.00. The minimum atomic E-state index is -0.824. The maximum atomic E-state index is 10.5. The van der Waals surface area contributed by atoms with Crippen LogP contribution in [0.15, 0.2) is 0 Å². The number of aliphatic carboxylic acids is 3. The van der Waals surface area contributed by atoms with Crippen LogP contribution in [0.5, 0.6) is 0 Å². The van der Waals surface area contributed by atoms with Gasteiger partial charge in [0.05, 0.1) is 7.11 Å². The van der Waals surface area contributed by atoms with Gasteiger partial charge in [0.2, 0.25) is 0 Å². The Morgan fingerprint density at radius 2 is 0.875 bits per heavy atom. The molecule has 0 spiro atoms. The number of carboxylic acids is 3. The molecule has 3 N–H and O–H groups in total. The van der Waals surface area contributed by atoms with Gasteiger partial charge >= 0.3 is 23.9 Å². The molecule has 0 aliphatic carbocycles. The second-order valence-corrected chi connectivity index (χ2v) is 5.23. The van der Waals surface area contributed by atoms with Gasteiger partial charge in [0.15, 0.2) is 0 Å². The molecule has 0 fully saturated rings. The monoisotopic (exact) mass is 348 g/mol. The molecular formula is C16H28O8. The summed E-state index contributed by atoms with van der Waals surface area (Å²) in [6.45, 7) is 0. The number of methoxy groups -OCH3 is 1. The summed E-state index contributed by atoms with van der Waals surface area (Å²) in [7, 11) is 1.32. The molecule has 0 radical (unpaired) electrons. The Morgan fingerprint density at radius 3 is 1.21 bits per heavy atom. The van der Waals surface area contributed by atoms with Gasteiger partial charge in [-0.15, -0.1) is 0 Å². The predicted octanol–water partition coefficient (Wildman–Crippen LogP) is 2.69. The zero-order chi connectivity index (χ0) is 18.8. The number of carboxylic acid groups (broad SMARTS) is 3. The minimum Gasteiger partial charge on any atom is -0.481 e. The van der Waals surface area contributed by atoms with Crippen molar-refractivity contribution in [3.63, 3.8) is 0 Å². The molecule has 24 heavy (non-hydrogen) atoms. The van der Waals surface area contributed by atoms with Crippen molar-refractivity contribution in [1.29, 1.82) is 0 Å². The molecule has 140 valence electrons. The number of rotatable bonds is 13. The molecule has 0 rings (SSSR count). The third kappa shape index (κ3) is 24.9. The summed E-state index contributed by atoms with van der Waals surface area (Å²) in [6, 6.07) is 0. The van der Waals surface area contributed by atoms with E-state index < -0.39 is 17.9 Å². The summed E-state index contributed by atoms with van der Waals surface area (Å²) in [5, 5.41) is 24.8. The van der Waals surface area contributed by atoms with Crippen molar-refractivity contribution in [3.8, 4) is 0 Å². The van der Waals surface area contributed by atoms with E-state index in [0.717, 1.165) is 19.3 Å². The van der Waals surface area contributed by atoms with Crippen molar-refractivity contribution in [2.24, 2.45) is 0 Å². The van der Waals surface area contributed by atoms with Crippen LogP contribution < -0.4 is 0 Å². The van der Waals surface area contributed by atoms with Gasteiger partial charge in [0.1, 0.15) is 0 Å². The largest absolute Gasteiger partial charge is 0.481 e. The van der Waals surface area contributed by atoms with E-state index in [1.54, 1.807) is 0 Å². The standard InChI is InChI=1S/C9H16O4.C7H12O4/c10-8(11)6-4-2-1-3-5-7-9(12)13;1-11-7(10)5-3-2-4-6(8)9/h1-7H2,(H,10,11)(H,12,13);2-5H2,1H3,(H,8,9). The molecule has 0 unspecified atom stereocenters. The molecule has 0 bridgehead atoms. The van der Waals surface area contributed by atoms with Gasteiger partial charge in [-0.25, -0.2) is 0 Å². The Morgan fingerprint density at radius 1 is 0.583 bits per heavy atom. The van der Waals surface area contributed by atoms with Crippen molar-refractivity contribution < 1.29 is 39.2 Å². The minimum absolute atomic E-state index is 0.122. The highest BCUT2D eigenvalue weighted by molar-refractivity contribution is 5.69. The van der Waals surface area contributed by atoms with Gasteiger partial charge in [-0.05, 0) is 25.7 Å². The summed E-state index contributed by atoms with van der Waals surface area (Å²) >= 11 is 0. The normalized spacial score (nSPS) is 9.54. The van der Waals surface area contributed by atoms with E-state index in [0.29, 0.717) is 32.1 Å². The molecule has 0 atom stereocenters. The summed E-state index contributed by atoms with van der Waals surface area (Å²) in [6.07, 6.45) is 6.07. The van der Waals surface area contributed by atoms with Gasteiger partial charge in [-0.2, -0.15) is 0 Å². The highest BCUT2D eigenvalue weighted by atomic mass is 16.5.